The molecule has 0 aliphatic carbocycles. The summed E-state index contributed by atoms with van der Waals surface area (Å²) in [5.41, 5.74) is 6.58. The fraction of sp³-hybridized carbons (Fsp3) is 0.500. The Labute approximate surface area is 104 Å². The second-order valence-electron chi connectivity index (χ2n) is 3.82. The fourth-order valence-electron chi connectivity index (χ4n) is 1.35. The normalized spacial score (nSPS) is 13.4. The van der Waals surface area contributed by atoms with Gasteiger partial charge >= 0.3 is 6.18 Å². The molecule has 0 saturated heterocycles. The lowest BCUT2D eigenvalue weighted by Crippen LogP contribution is -2.19. The van der Waals surface area contributed by atoms with Crippen molar-refractivity contribution < 1.29 is 22.6 Å². The SMILES string of the molecule is COc1ccc(C(N)COCCC(F)(F)F)cc1. The molecule has 1 aromatic rings. The van der Waals surface area contributed by atoms with Crippen molar-refractivity contribution in [3.05, 3.63) is 29.8 Å². The summed E-state index contributed by atoms with van der Waals surface area (Å²) in [6.07, 6.45) is -5.15. The lowest BCUT2D eigenvalue weighted by Gasteiger charge is -2.13. The molecule has 0 aliphatic rings. The van der Waals surface area contributed by atoms with Gasteiger partial charge in [-0.15, -0.1) is 0 Å². The number of halogens is 3. The molecule has 3 nitrogen and oxygen atoms in total. The van der Waals surface area contributed by atoms with E-state index in [0.29, 0.717) is 5.75 Å². The van der Waals surface area contributed by atoms with Gasteiger partial charge in [-0.1, -0.05) is 12.1 Å². The largest absolute Gasteiger partial charge is 0.497 e. The number of benzene rings is 1. The van der Waals surface area contributed by atoms with Gasteiger partial charge in [-0.25, -0.2) is 0 Å². The third-order valence-electron chi connectivity index (χ3n) is 2.37. The van der Waals surface area contributed by atoms with Crippen LogP contribution in [-0.2, 0) is 4.74 Å². The van der Waals surface area contributed by atoms with E-state index in [1.165, 1.54) is 0 Å². The Balaban J connectivity index is 2.33. The van der Waals surface area contributed by atoms with Crippen LogP contribution in [0.15, 0.2) is 24.3 Å². The lowest BCUT2D eigenvalue weighted by molar-refractivity contribution is -0.145. The van der Waals surface area contributed by atoms with Crippen LogP contribution < -0.4 is 10.5 Å². The smallest absolute Gasteiger partial charge is 0.391 e. The van der Waals surface area contributed by atoms with E-state index in [0.717, 1.165) is 5.56 Å². The molecule has 1 aromatic carbocycles. The van der Waals surface area contributed by atoms with E-state index in [9.17, 15) is 13.2 Å². The Morgan fingerprint density at radius 2 is 1.83 bits per heavy atom. The van der Waals surface area contributed by atoms with Crippen molar-refractivity contribution in [2.45, 2.75) is 18.6 Å². The predicted octanol–water partition coefficient (Wildman–Crippen LogP) is 2.66. The van der Waals surface area contributed by atoms with Gasteiger partial charge in [-0.2, -0.15) is 13.2 Å². The number of nitrogens with two attached hydrogens (primary N) is 1. The first-order valence-corrected chi connectivity index (χ1v) is 5.46. The highest BCUT2D eigenvalue weighted by atomic mass is 19.4. The van der Waals surface area contributed by atoms with E-state index < -0.39 is 18.6 Å². The number of alkyl halides is 3. The van der Waals surface area contributed by atoms with E-state index in [4.69, 9.17) is 15.2 Å². The first-order chi connectivity index (χ1) is 8.42. The van der Waals surface area contributed by atoms with E-state index in [1.54, 1.807) is 31.4 Å². The molecule has 0 heterocycles. The fourth-order valence-corrected chi connectivity index (χ4v) is 1.35. The molecule has 0 aromatic heterocycles. The Morgan fingerprint density at radius 1 is 1.22 bits per heavy atom. The zero-order valence-corrected chi connectivity index (χ0v) is 10.0. The summed E-state index contributed by atoms with van der Waals surface area (Å²) in [5.74, 6) is 0.698. The quantitative estimate of drug-likeness (QED) is 0.802. The summed E-state index contributed by atoms with van der Waals surface area (Å²) in [7, 11) is 1.55. The number of rotatable bonds is 6. The van der Waals surface area contributed by atoms with Gasteiger partial charge in [0, 0.05) is 0 Å². The lowest BCUT2D eigenvalue weighted by atomic mass is 10.1. The summed E-state index contributed by atoms with van der Waals surface area (Å²) in [6, 6.07) is 6.56. The van der Waals surface area contributed by atoms with Gasteiger partial charge in [-0.05, 0) is 17.7 Å². The van der Waals surface area contributed by atoms with E-state index >= 15 is 0 Å². The Kier molecular flexibility index (Phi) is 5.43. The summed E-state index contributed by atoms with van der Waals surface area (Å²) < 4.78 is 45.5. The molecule has 102 valence electrons. The highest BCUT2D eigenvalue weighted by Crippen LogP contribution is 2.20. The Hall–Kier alpha value is -1.27. The molecule has 1 unspecified atom stereocenters. The summed E-state index contributed by atoms with van der Waals surface area (Å²) in [4.78, 5) is 0. The van der Waals surface area contributed by atoms with Gasteiger partial charge in [0.25, 0.3) is 0 Å². The molecule has 0 spiro atoms. The maximum absolute atomic E-state index is 11.9. The van der Waals surface area contributed by atoms with Gasteiger partial charge < -0.3 is 15.2 Å². The van der Waals surface area contributed by atoms with E-state index in [-0.39, 0.29) is 13.2 Å². The van der Waals surface area contributed by atoms with Crippen LogP contribution in [0.1, 0.15) is 18.0 Å². The van der Waals surface area contributed by atoms with Crippen LogP contribution in [0.3, 0.4) is 0 Å². The van der Waals surface area contributed by atoms with Crippen molar-refractivity contribution in [3.63, 3.8) is 0 Å². The third-order valence-corrected chi connectivity index (χ3v) is 2.37. The zero-order chi connectivity index (χ0) is 13.6. The minimum Gasteiger partial charge on any atom is -0.497 e. The van der Waals surface area contributed by atoms with Crippen molar-refractivity contribution in [1.29, 1.82) is 0 Å². The van der Waals surface area contributed by atoms with Crippen LogP contribution in [0.4, 0.5) is 13.2 Å². The van der Waals surface area contributed by atoms with E-state index in [1.807, 2.05) is 0 Å². The van der Waals surface area contributed by atoms with Gasteiger partial charge in [0.2, 0.25) is 0 Å². The summed E-state index contributed by atoms with van der Waals surface area (Å²) >= 11 is 0. The highest BCUT2D eigenvalue weighted by Gasteiger charge is 2.26. The maximum Gasteiger partial charge on any atom is 0.391 e. The van der Waals surface area contributed by atoms with Crippen molar-refractivity contribution in [2.75, 3.05) is 20.3 Å². The van der Waals surface area contributed by atoms with Crippen molar-refractivity contribution in [1.82, 2.24) is 0 Å². The third kappa shape index (κ3) is 5.37. The minimum atomic E-state index is -4.19. The second-order valence-corrected chi connectivity index (χ2v) is 3.82. The maximum atomic E-state index is 11.9. The molecule has 0 fully saturated rings. The molecule has 1 rings (SSSR count). The van der Waals surface area contributed by atoms with Gasteiger partial charge in [0.1, 0.15) is 5.75 Å². The van der Waals surface area contributed by atoms with Gasteiger partial charge in [0.15, 0.2) is 0 Å². The van der Waals surface area contributed by atoms with E-state index in [2.05, 4.69) is 0 Å². The number of ether oxygens (including phenoxy) is 2. The topological polar surface area (TPSA) is 44.5 Å². The minimum absolute atomic E-state index is 0.0579. The molecule has 18 heavy (non-hydrogen) atoms. The molecule has 0 aliphatic heterocycles. The van der Waals surface area contributed by atoms with Crippen LogP contribution in [0.25, 0.3) is 0 Å². The van der Waals surface area contributed by atoms with Crippen molar-refractivity contribution >= 4 is 0 Å². The van der Waals surface area contributed by atoms with Gasteiger partial charge in [-0.3, -0.25) is 0 Å². The van der Waals surface area contributed by atoms with Gasteiger partial charge in [0.05, 0.1) is 32.8 Å². The van der Waals surface area contributed by atoms with Crippen LogP contribution in [0.5, 0.6) is 5.75 Å². The average molecular weight is 263 g/mol. The molecule has 2 N–H and O–H groups in total. The number of hydrogen-bond acceptors (Lipinski definition) is 3. The molecule has 0 amide bonds. The molecule has 6 heteroatoms. The Morgan fingerprint density at radius 3 is 2.33 bits per heavy atom. The standard InChI is InChI=1S/C12H16F3NO2/c1-17-10-4-2-9(3-5-10)11(16)8-18-7-6-12(13,14)15/h2-5,11H,6-8,16H2,1H3. The number of hydrogen-bond donors (Lipinski definition) is 1. The first-order valence-electron chi connectivity index (χ1n) is 5.46. The monoisotopic (exact) mass is 263 g/mol. The van der Waals surface area contributed by atoms with Crippen LogP contribution in [0, 0.1) is 0 Å². The van der Waals surface area contributed by atoms with Crippen LogP contribution in [-0.4, -0.2) is 26.5 Å². The van der Waals surface area contributed by atoms with Crippen LogP contribution >= 0.6 is 0 Å². The first kappa shape index (κ1) is 14.8. The predicted molar refractivity (Wildman–Crippen MR) is 61.4 cm³/mol. The molecule has 0 radical (unpaired) electrons. The zero-order valence-electron chi connectivity index (χ0n) is 10.0. The van der Waals surface area contributed by atoms with Crippen molar-refractivity contribution in [3.8, 4) is 5.75 Å². The number of methoxy groups -OCH3 is 1. The second kappa shape index (κ2) is 6.61. The molecular weight excluding hydrogens is 247 g/mol. The molecular formula is C12H16F3NO2. The average Bonchev–Trinajstić information content (AvgIpc) is 2.33. The molecule has 0 bridgehead atoms. The molecule has 1 atom stereocenters. The summed E-state index contributed by atoms with van der Waals surface area (Å²) in [6.45, 7) is -0.310. The van der Waals surface area contributed by atoms with Crippen LogP contribution in [0.2, 0.25) is 0 Å². The summed E-state index contributed by atoms with van der Waals surface area (Å²) in [5, 5.41) is 0. The van der Waals surface area contributed by atoms with Crippen molar-refractivity contribution in [2.24, 2.45) is 5.73 Å². The molecule has 0 saturated carbocycles. The highest BCUT2D eigenvalue weighted by molar-refractivity contribution is 5.28. The Bertz CT molecular complexity index is 351.